The van der Waals surface area contributed by atoms with Gasteiger partial charge in [0.25, 0.3) is 0 Å². The van der Waals surface area contributed by atoms with Crippen LogP contribution in [0.15, 0.2) is 46.7 Å². The number of nitrogens with zero attached hydrogens (tertiary/aromatic N) is 3. The summed E-state index contributed by atoms with van der Waals surface area (Å²) < 4.78 is 0. The van der Waals surface area contributed by atoms with Crippen LogP contribution in [0.2, 0.25) is 5.02 Å². The molecule has 1 atom stereocenters. The summed E-state index contributed by atoms with van der Waals surface area (Å²) in [4.78, 5) is 0. The molecule has 1 aliphatic heterocycles. The van der Waals surface area contributed by atoms with Gasteiger partial charge in [-0.1, -0.05) is 23.8 Å². The number of hydrogen-bond donors (Lipinski definition) is 3. The molecule has 0 saturated heterocycles. The molecular formula is C17H11ClN4O2. The van der Waals surface area contributed by atoms with Crippen LogP contribution in [0.1, 0.15) is 12.5 Å². The number of aliphatic hydroxyl groups is 1. The summed E-state index contributed by atoms with van der Waals surface area (Å²) in [6.45, 7) is 1.39. The fourth-order valence-electron chi connectivity index (χ4n) is 2.27. The van der Waals surface area contributed by atoms with Crippen LogP contribution in [0.4, 0.5) is 0 Å². The molecule has 1 aliphatic rings. The van der Waals surface area contributed by atoms with Crippen molar-refractivity contribution in [2.24, 2.45) is 0 Å². The van der Waals surface area contributed by atoms with Crippen molar-refractivity contribution in [3.8, 4) is 24.0 Å². The topological polar surface area (TPSA) is 124 Å². The van der Waals surface area contributed by atoms with Gasteiger partial charge in [-0.05, 0) is 25.1 Å². The van der Waals surface area contributed by atoms with E-state index in [9.17, 15) is 15.5 Å². The number of phenolic OH excluding ortho intramolecular Hbond substituents is 1. The van der Waals surface area contributed by atoms with Crippen molar-refractivity contribution < 1.29 is 10.2 Å². The number of nitriles is 3. The van der Waals surface area contributed by atoms with Crippen LogP contribution in [0.3, 0.4) is 0 Å². The highest BCUT2D eigenvalue weighted by Gasteiger charge is 2.38. The van der Waals surface area contributed by atoms with Crippen molar-refractivity contribution in [2.75, 3.05) is 0 Å². The van der Waals surface area contributed by atoms with Gasteiger partial charge in [-0.15, -0.1) is 0 Å². The normalized spacial score (nSPS) is 19.6. The summed E-state index contributed by atoms with van der Waals surface area (Å²) in [7, 11) is 0. The van der Waals surface area contributed by atoms with Gasteiger partial charge in [0.1, 0.15) is 24.0 Å². The minimum absolute atomic E-state index is 0.0177. The van der Waals surface area contributed by atoms with E-state index in [4.69, 9.17) is 22.1 Å². The van der Waals surface area contributed by atoms with Gasteiger partial charge in [-0.2, -0.15) is 15.8 Å². The molecular weight excluding hydrogens is 328 g/mol. The van der Waals surface area contributed by atoms with E-state index in [-0.39, 0.29) is 28.2 Å². The Morgan fingerprint density at radius 1 is 1.25 bits per heavy atom. The third-order valence-electron chi connectivity index (χ3n) is 3.42. The van der Waals surface area contributed by atoms with E-state index in [1.807, 2.05) is 6.07 Å². The molecule has 0 fully saturated rings. The third kappa shape index (κ3) is 3.09. The van der Waals surface area contributed by atoms with E-state index in [0.717, 1.165) is 0 Å². The molecule has 2 rings (SSSR count). The number of phenols is 1. The van der Waals surface area contributed by atoms with Crippen molar-refractivity contribution in [2.45, 2.75) is 12.6 Å². The molecule has 0 spiro atoms. The van der Waals surface area contributed by atoms with E-state index >= 15 is 0 Å². The number of benzene rings is 1. The number of aromatic hydroxyl groups is 1. The molecule has 1 aromatic carbocycles. The highest BCUT2D eigenvalue weighted by Crippen LogP contribution is 2.34. The lowest BCUT2D eigenvalue weighted by Crippen LogP contribution is -2.38. The van der Waals surface area contributed by atoms with Gasteiger partial charge in [0, 0.05) is 16.2 Å². The summed E-state index contributed by atoms with van der Waals surface area (Å²) >= 11 is 5.88. The standard InChI is InChI=1S/C17H11ClN4O2/c1-17(24)14(4-2-10-6-12(18)3-5-15(10)23)13(9-21)16(22-17)11(7-19)8-20/h2-6,22-24H,1H3/b4-2+. The first-order chi connectivity index (χ1) is 11.3. The van der Waals surface area contributed by atoms with Gasteiger partial charge in [0.05, 0.1) is 11.3 Å². The lowest BCUT2D eigenvalue weighted by molar-refractivity contribution is 0.0851. The molecule has 0 aromatic heterocycles. The van der Waals surface area contributed by atoms with Crippen molar-refractivity contribution in [1.82, 2.24) is 5.32 Å². The largest absolute Gasteiger partial charge is 0.507 e. The Morgan fingerprint density at radius 2 is 1.92 bits per heavy atom. The van der Waals surface area contributed by atoms with E-state index in [1.165, 1.54) is 37.3 Å². The van der Waals surface area contributed by atoms with E-state index in [2.05, 4.69) is 5.32 Å². The molecule has 3 N–H and O–H groups in total. The predicted octanol–water partition coefficient (Wildman–Crippen LogP) is 2.49. The fourth-order valence-corrected chi connectivity index (χ4v) is 2.45. The molecule has 24 heavy (non-hydrogen) atoms. The van der Waals surface area contributed by atoms with Gasteiger partial charge in [0.15, 0.2) is 11.3 Å². The third-order valence-corrected chi connectivity index (χ3v) is 3.65. The average molecular weight is 339 g/mol. The van der Waals surface area contributed by atoms with Crippen LogP contribution in [-0.2, 0) is 0 Å². The maximum atomic E-state index is 10.5. The van der Waals surface area contributed by atoms with Gasteiger partial charge in [-0.3, -0.25) is 0 Å². The zero-order valence-corrected chi connectivity index (χ0v) is 13.3. The van der Waals surface area contributed by atoms with Crippen molar-refractivity contribution in [3.63, 3.8) is 0 Å². The molecule has 0 aliphatic carbocycles. The Balaban J connectivity index is 2.60. The minimum atomic E-state index is -1.65. The van der Waals surface area contributed by atoms with E-state index in [0.29, 0.717) is 10.6 Å². The van der Waals surface area contributed by atoms with Crippen molar-refractivity contribution in [1.29, 1.82) is 15.8 Å². The maximum absolute atomic E-state index is 10.5. The molecule has 0 bridgehead atoms. The number of rotatable bonds is 2. The lowest BCUT2D eigenvalue weighted by atomic mass is 10.0. The first kappa shape index (κ1) is 17.1. The summed E-state index contributed by atoms with van der Waals surface area (Å²) in [6, 6.07) is 9.72. The van der Waals surface area contributed by atoms with Gasteiger partial charge < -0.3 is 15.5 Å². The van der Waals surface area contributed by atoms with Crippen LogP contribution in [-0.4, -0.2) is 15.9 Å². The molecule has 1 unspecified atom stereocenters. The predicted molar refractivity (Wildman–Crippen MR) is 86.8 cm³/mol. The van der Waals surface area contributed by atoms with Crippen LogP contribution in [0, 0.1) is 34.0 Å². The molecule has 0 amide bonds. The zero-order chi connectivity index (χ0) is 17.9. The Kier molecular flexibility index (Phi) is 4.62. The molecule has 1 aromatic rings. The quantitative estimate of drug-likeness (QED) is 0.712. The average Bonchev–Trinajstić information content (AvgIpc) is 2.79. The minimum Gasteiger partial charge on any atom is -0.507 e. The molecule has 0 radical (unpaired) electrons. The van der Waals surface area contributed by atoms with Gasteiger partial charge >= 0.3 is 0 Å². The van der Waals surface area contributed by atoms with Crippen LogP contribution < -0.4 is 5.32 Å². The summed E-state index contributed by atoms with van der Waals surface area (Å²) in [5.74, 6) is -0.0224. The zero-order valence-electron chi connectivity index (χ0n) is 12.5. The smallest absolute Gasteiger partial charge is 0.160 e. The highest BCUT2D eigenvalue weighted by molar-refractivity contribution is 6.30. The van der Waals surface area contributed by atoms with E-state index in [1.54, 1.807) is 12.1 Å². The molecule has 6 nitrogen and oxygen atoms in total. The monoisotopic (exact) mass is 338 g/mol. The molecule has 1 heterocycles. The summed E-state index contributed by atoms with van der Waals surface area (Å²) in [6.07, 6.45) is 2.90. The Morgan fingerprint density at radius 3 is 2.50 bits per heavy atom. The number of nitrogens with one attached hydrogen (secondary N) is 1. The van der Waals surface area contributed by atoms with Gasteiger partial charge in [-0.25, -0.2) is 0 Å². The van der Waals surface area contributed by atoms with Crippen molar-refractivity contribution in [3.05, 3.63) is 57.3 Å². The molecule has 0 saturated carbocycles. The van der Waals surface area contributed by atoms with Crippen LogP contribution in [0.5, 0.6) is 5.75 Å². The van der Waals surface area contributed by atoms with Crippen LogP contribution in [0.25, 0.3) is 6.08 Å². The first-order valence-corrected chi connectivity index (χ1v) is 7.08. The Bertz CT molecular complexity index is 905. The van der Waals surface area contributed by atoms with Crippen molar-refractivity contribution >= 4 is 17.7 Å². The number of allylic oxidation sites excluding steroid dienone is 2. The molecule has 118 valence electrons. The number of hydrogen-bond acceptors (Lipinski definition) is 6. The second kappa shape index (κ2) is 6.48. The highest BCUT2D eigenvalue weighted by atomic mass is 35.5. The summed E-state index contributed by atoms with van der Waals surface area (Å²) in [5.41, 5.74) is -1.44. The maximum Gasteiger partial charge on any atom is 0.160 e. The molecule has 7 heteroatoms. The Labute approximate surface area is 143 Å². The second-order valence-electron chi connectivity index (χ2n) is 5.11. The first-order valence-electron chi connectivity index (χ1n) is 6.71. The summed E-state index contributed by atoms with van der Waals surface area (Å²) in [5, 5.41) is 50.6. The number of halogens is 1. The Hall–Kier alpha value is -3.24. The van der Waals surface area contributed by atoms with E-state index < -0.39 is 5.72 Å². The second-order valence-corrected chi connectivity index (χ2v) is 5.54. The fraction of sp³-hybridized carbons (Fsp3) is 0.118. The van der Waals surface area contributed by atoms with Gasteiger partial charge in [0.2, 0.25) is 0 Å². The lowest BCUT2D eigenvalue weighted by Gasteiger charge is -2.20. The van der Waals surface area contributed by atoms with Crippen LogP contribution >= 0.6 is 11.6 Å². The SMILES string of the molecule is CC1(O)NC(=C(C#N)C#N)C(C#N)=C1/C=C/c1cc(Cl)ccc1O.